The highest BCUT2D eigenvalue weighted by molar-refractivity contribution is 4.91. The first kappa shape index (κ1) is 12.7. The van der Waals surface area contributed by atoms with Crippen LogP contribution in [0.25, 0.3) is 0 Å². The molecule has 0 saturated heterocycles. The van der Waals surface area contributed by atoms with Gasteiger partial charge in [0.2, 0.25) is 0 Å². The van der Waals surface area contributed by atoms with Crippen LogP contribution in [0.2, 0.25) is 0 Å². The van der Waals surface area contributed by atoms with Gasteiger partial charge in [-0.1, -0.05) is 46.3 Å². The van der Waals surface area contributed by atoms with Crippen molar-refractivity contribution in [3.8, 4) is 0 Å². The van der Waals surface area contributed by atoms with Gasteiger partial charge < -0.3 is 0 Å². The largest absolute Gasteiger partial charge is 0.0882 e. The molecule has 0 heteroatoms. The predicted molar refractivity (Wildman–Crippen MR) is 61.3 cm³/mol. The van der Waals surface area contributed by atoms with E-state index in [-0.39, 0.29) is 0 Å². The van der Waals surface area contributed by atoms with E-state index in [0.29, 0.717) is 0 Å². The van der Waals surface area contributed by atoms with Crippen LogP contribution in [0.3, 0.4) is 0 Å². The summed E-state index contributed by atoms with van der Waals surface area (Å²) in [6.45, 7) is 12.4. The van der Waals surface area contributed by atoms with Gasteiger partial charge in [-0.3, -0.25) is 0 Å². The summed E-state index contributed by atoms with van der Waals surface area (Å²) in [4.78, 5) is 0. The van der Waals surface area contributed by atoms with E-state index in [1.807, 2.05) is 0 Å². The Hall–Kier alpha value is -0.260. The Morgan fingerprint density at radius 1 is 1.15 bits per heavy atom. The lowest BCUT2D eigenvalue weighted by Gasteiger charge is -2.20. The summed E-state index contributed by atoms with van der Waals surface area (Å²) < 4.78 is 0. The van der Waals surface area contributed by atoms with Gasteiger partial charge in [0.05, 0.1) is 0 Å². The topological polar surface area (TPSA) is 0 Å². The van der Waals surface area contributed by atoms with Crippen molar-refractivity contribution in [3.63, 3.8) is 0 Å². The van der Waals surface area contributed by atoms with Gasteiger partial charge in [0.25, 0.3) is 0 Å². The molecule has 0 aliphatic heterocycles. The fraction of sp³-hybridized carbons (Fsp3) is 0.692. The minimum atomic E-state index is 0.731. The maximum absolute atomic E-state index is 4.01. The normalized spacial score (nSPS) is 14.2. The number of rotatable bonds is 7. The van der Waals surface area contributed by atoms with Crippen molar-refractivity contribution >= 4 is 0 Å². The van der Waals surface area contributed by atoms with Gasteiger partial charge >= 0.3 is 0 Å². The first-order valence-electron chi connectivity index (χ1n) is 5.55. The monoisotopic (exact) mass is 180 g/mol. The molecule has 0 bridgehead atoms. The van der Waals surface area contributed by atoms with Crippen LogP contribution >= 0.6 is 0 Å². The van der Waals surface area contributed by atoms with Crippen molar-refractivity contribution in [3.05, 3.63) is 26.0 Å². The predicted octanol–water partition coefficient (Wildman–Crippen LogP) is 4.43. The van der Waals surface area contributed by atoms with Crippen molar-refractivity contribution in [2.75, 3.05) is 0 Å². The number of hydrogen-bond donors (Lipinski definition) is 0. The zero-order valence-electron chi connectivity index (χ0n) is 9.26. The molecule has 0 spiro atoms. The second kappa shape index (κ2) is 8.34. The highest BCUT2D eigenvalue weighted by Gasteiger charge is 2.12. The Morgan fingerprint density at radius 3 is 2.23 bits per heavy atom. The smallest absolute Gasteiger partial charge is 0.0208 e. The van der Waals surface area contributed by atoms with Gasteiger partial charge in [-0.05, 0) is 37.5 Å². The molecule has 0 aromatic carbocycles. The van der Waals surface area contributed by atoms with E-state index in [0.717, 1.165) is 31.1 Å². The van der Waals surface area contributed by atoms with Crippen LogP contribution in [0.5, 0.6) is 0 Å². The lowest BCUT2D eigenvalue weighted by atomic mass is 9.85. The zero-order chi connectivity index (χ0) is 10.1. The summed E-state index contributed by atoms with van der Waals surface area (Å²) in [6, 6.07) is 0. The summed E-state index contributed by atoms with van der Waals surface area (Å²) in [5, 5.41) is 0. The molecule has 0 nitrogen and oxygen atoms in total. The molecule has 0 heterocycles. The molecule has 0 aliphatic carbocycles. The second-order valence-corrected chi connectivity index (χ2v) is 3.60. The molecule has 2 atom stereocenters. The van der Waals surface area contributed by atoms with Gasteiger partial charge in [0.15, 0.2) is 0 Å². The van der Waals surface area contributed by atoms with Crippen LogP contribution in [0.4, 0.5) is 0 Å². The Bertz CT molecular complexity index is 120. The lowest BCUT2D eigenvalue weighted by molar-refractivity contribution is 0.375. The van der Waals surface area contributed by atoms with Gasteiger partial charge in [-0.15, -0.1) is 0 Å². The van der Waals surface area contributed by atoms with Crippen molar-refractivity contribution in [1.29, 1.82) is 0 Å². The van der Waals surface area contributed by atoms with Crippen LogP contribution in [0, 0.1) is 25.7 Å². The van der Waals surface area contributed by atoms with Crippen LogP contribution < -0.4 is 0 Å². The van der Waals surface area contributed by atoms with Crippen LogP contribution in [0.15, 0.2) is 12.2 Å². The molecule has 0 rings (SSSR count). The van der Waals surface area contributed by atoms with E-state index in [1.165, 1.54) is 12.8 Å². The minimum Gasteiger partial charge on any atom is -0.0882 e. The summed E-state index contributed by atoms with van der Waals surface area (Å²) >= 11 is 0. The van der Waals surface area contributed by atoms with Crippen molar-refractivity contribution < 1.29 is 0 Å². The third-order valence-electron chi connectivity index (χ3n) is 2.73. The van der Waals surface area contributed by atoms with Crippen molar-refractivity contribution in [1.82, 2.24) is 0 Å². The maximum Gasteiger partial charge on any atom is -0.0208 e. The van der Waals surface area contributed by atoms with Crippen LogP contribution in [-0.2, 0) is 0 Å². The fourth-order valence-electron chi connectivity index (χ4n) is 1.74. The molecule has 0 aromatic heterocycles. The first-order chi connectivity index (χ1) is 6.29. The summed E-state index contributed by atoms with van der Waals surface area (Å²) in [5.74, 6) is 1.50. The molecule has 2 radical (unpaired) electrons. The van der Waals surface area contributed by atoms with Gasteiger partial charge in [-0.2, -0.15) is 0 Å². The van der Waals surface area contributed by atoms with Crippen LogP contribution in [0.1, 0.15) is 46.0 Å². The summed E-state index contributed by atoms with van der Waals surface area (Å²) in [6.07, 6.45) is 10.3. The average molecular weight is 180 g/mol. The fourth-order valence-corrected chi connectivity index (χ4v) is 1.74. The molecule has 13 heavy (non-hydrogen) atoms. The molecule has 0 fully saturated rings. The number of hydrogen-bond acceptors (Lipinski definition) is 0. The van der Waals surface area contributed by atoms with Crippen molar-refractivity contribution in [2.45, 2.75) is 46.0 Å². The molecule has 2 unspecified atom stereocenters. The number of unbranched alkanes of at least 4 members (excludes halogenated alkanes) is 1. The Labute approximate surface area is 84.4 Å². The average Bonchev–Trinajstić information content (AvgIpc) is 2.17. The summed E-state index contributed by atoms with van der Waals surface area (Å²) in [7, 11) is 0. The molecular formula is C13H24. The van der Waals surface area contributed by atoms with Crippen molar-refractivity contribution in [2.24, 2.45) is 11.8 Å². The Kier molecular flexibility index (Phi) is 8.18. The van der Waals surface area contributed by atoms with E-state index in [2.05, 4.69) is 39.8 Å². The molecule has 0 aliphatic rings. The van der Waals surface area contributed by atoms with Gasteiger partial charge in [-0.25, -0.2) is 0 Å². The quantitative estimate of drug-likeness (QED) is 0.508. The Balaban J connectivity index is 3.98. The zero-order valence-corrected chi connectivity index (χ0v) is 9.26. The minimum absolute atomic E-state index is 0.731. The molecule has 0 aromatic rings. The lowest BCUT2D eigenvalue weighted by Crippen LogP contribution is -2.09. The van der Waals surface area contributed by atoms with Gasteiger partial charge in [0.1, 0.15) is 0 Å². The van der Waals surface area contributed by atoms with E-state index < -0.39 is 0 Å². The van der Waals surface area contributed by atoms with E-state index in [9.17, 15) is 0 Å². The molecule has 0 N–H and O–H groups in total. The molecule has 76 valence electrons. The Morgan fingerprint density at radius 2 is 1.85 bits per heavy atom. The summed E-state index contributed by atoms with van der Waals surface area (Å²) in [5.41, 5.74) is 0. The molecular weight excluding hydrogens is 156 g/mol. The number of allylic oxidation sites excluding steroid dienone is 2. The molecule has 0 saturated carbocycles. The highest BCUT2D eigenvalue weighted by Crippen LogP contribution is 2.23. The highest BCUT2D eigenvalue weighted by atomic mass is 14.2. The third kappa shape index (κ3) is 5.13. The van der Waals surface area contributed by atoms with Crippen LogP contribution in [-0.4, -0.2) is 0 Å². The van der Waals surface area contributed by atoms with Gasteiger partial charge in [0, 0.05) is 0 Å². The van der Waals surface area contributed by atoms with E-state index >= 15 is 0 Å². The standard InChI is InChI=1S/C13H24/c1-5-9-10-11-13(8-4)12(6-2)7-3/h10-13H,1-2,5-9H2,3-4H3/b11-10+. The first-order valence-corrected chi connectivity index (χ1v) is 5.55. The SMILES string of the molecule is [CH2]CC/C=C/C(CC)C(C[CH2])CC. The van der Waals surface area contributed by atoms with E-state index in [1.54, 1.807) is 0 Å². The second-order valence-electron chi connectivity index (χ2n) is 3.60. The third-order valence-corrected chi connectivity index (χ3v) is 2.73. The molecule has 0 amide bonds. The van der Waals surface area contributed by atoms with E-state index in [4.69, 9.17) is 0 Å². The maximum atomic E-state index is 4.01.